The van der Waals surface area contributed by atoms with Crippen molar-refractivity contribution >= 4 is 5.57 Å². The second-order valence-corrected chi connectivity index (χ2v) is 9.23. The van der Waals surface area contributed by atoms with Crippen molar-refractivity contribution in [3.63, 3.8) is 0 Å². The van der Waals surface area contributed by atoms with E-state index in [-0.39, 0.29) is 11.8 Å². The lowest BCUT2D eigenvalue weighted by molar-refractivity contribution is -0.137. The van der Waals surface area contributed by atoms with Gasteiger partial charge in [-0.1, -0.05) is 43.3 Å². The van der Waals surface area contributed by atoms with E-state index in [4.69, 9.17) is 4.74 Å². The Labute approximate surface area is 209 Å². The average molecular weight is 497 g/mol. The summed E-state index contributed by atoms with van der Waals surface area (Å²) in [4.78, 5) is 0. The van der Waals surface area contributed by atoms with Gasteiger partial charge in [-0.2, -0.15) is 13.2 Å². The highest BCUT2D eigenvalue weighted by Gasteiger charge is 2.36. The van der Waals surface area contributed by atoms with Crippen molar-refractivity contribution in [3.05, 3.63) is 95.3 Å². The number of hydrogen-bond acceptors (Lipinski definition) is 3. The summed E-state index contributed by atoms with van der Waals surface area (Å²) in [5, 5.41) is 14.1. The number of halogens is 3. The van der Waals surface area contributed by atoms with Gasteiger partial charge in [0.25, 0.3) is 0 Å². The van der Waals surface area contributed by atoms with Crippen molar-refractivity contribution in [2.75, 3.05) is 6.61 Å². The Morgan fingerprint density at radius 1 is 1.03 bits per heavy atom. The molecular weight excluding hydrogens is 465 g/mol. The van der Waals surface area contributed by atoms with Crippen molar-refractivity contribution in [3.8, 4) is 16.9 Å². The van der Waals surface area contributed by atoms with Gasteiger partial charge in [0.2, 0.25) is 0 Å². The van der Waals surface area contributed by atoms with E-state index in [1.165, 1.54) is 12.1 Å². The van der Waals surface area contributed by atoms with Gasteiger partial charge in [0.1, 0.15) is 0 Å². The minimum Gasteiger partial charge on any atom is -0.386 e. The molecule has 0 fully saturated rings. The van der Waals surface area contributed by atoms with E-state index in [9.17, 15) is 18.3 Å². The maximum absolute atomic E-state index is 14.1. The molecule has 0 aliphatic carbocycles. The van der Waals surface area contributed by atoms with Gasteiger partial charge in [-0.05, 0) is 68.8 Å². The van der Waals surface area contributed by atoms with Crippen LogP contribution in [0.2, 0.25) is 0 Å². The molecule has 1 aromatic heterocycles. The molecular formula is C29H31F3N2O2. The molecule has 0 saturated carbocycles. The molecule has 0 radical (unpaired) electrons. The zero-order valence-electron chi connectivity index (χ0n) is 20.9. The molecule has 36 heavy (non-hydrogen) atoms. The number of aromatic nitrogens is 1. The van der Waals surface area contributed by atoms with Crippen LogP contribution in [0.3, 0.4) is 0 Å². The normalized spacial score (nSPS) is 16.1. The Hall–Kier alpha value is -3.29. The number of ether oxygens (including phenoxy) is 1. The van der Waals surface area contributed by atoms with Gasteiger partial charge in [0, 0.05) is 35.2 Å². The van der Waals surface area contributed by atoms with E-state index in [1.54, 1.807) is 30.7 Å². The molecule has 3 aromatic rings. The summed E-state index contributed by atoms with van der Waals surface area (Å²) in [6.07, 6.45) is 3.03. The monoisotopic (exact) mass is 496 g/mol. The Kier molecular flexibility index (Phi) is 7.16. The summed E-state index contributed by atoms with van der Waals surface area (Å²) >= 11 is 0. The van der Waals surface area contributed by atoms with Crippen LogP contribution in [0.4, 0.5) is 13.2 Å². The molecule has 0 saturated heterocycles. The number of aliphatic hydroxyl groups is 1. The fraction of sp³-hybridized carbons (Fsp3) is 0.310. The molecule has 1 aliphatic rings. The number of nitrogens with one attached hydrogen (secondary N) is 1. The lowest BCUT2D eigenvalue weighted by Crippen LogP contribution is -2.30. The van der Waals surface area contributed by atoms with Crippen molar-refractivity contribution in [1.29, 1.82) is 0 Å². The lowest BCUT2D eigenvalue weighted by atomic mass is 9.92. The van der Waals surface area contributed by atoms with Crippen molar-refractivity contribution in [1.82, 2.24) is 9.88 Å². The van der Waals surface area contributed by atoms with Gasteiger partial charge < -0.3 is 19.7 Å². The fourth-order valence-electron chi connectivity index (χ4n) is 4.72. The Morgan fingerprint density at radius 3 is 2.44 bits per heavy atom. The molecule has 4 nitrogen and oxygen atoms in total. The van der Waals surface area contributed by atoms with E-state index < -0.39 is 17.3 Å². The van der Waals surface area contributed by atoms with Gasteiger partial charge in [0.15, 0.2) is 6.23 Å². The summed E-state index contributed by atoms with van der Waals surface area (Å²) < 4.78 is 49.8. The highest BCUT2D eigenvalue weighted by Crippen LogP contribution is 2.42. The van der Waals surface area contributed by atoms with Crippen molar-refractivity contribution in [2.45, 2.75) is 52.1 Å². The summed E-state index contributed by atoms with van der Waals surface area (Å²) in [6.45, 7) is 7.64. The topological polar surface area (TPSA) is 46.4 Å². The second-order valence-electron chi connectivity index (χ2n) is 9.23. The standard InChI is InChI=1S/C29H31F3N2O2/c1-5-21-25(28(3,4)35)18-34(26(21)23-13-7-8-15-24(23)29(30,31)32)20-12-9-11-19(17-20)22-14-10-16-33-27(22)36-6-2/h7-18,27,33,35H,5-6H2,1-4H3. The molecule has 1 unspecified atom stereocenters. The molecule has 1 atom stereocenters. The summed E-state index contributed by atoms with van der Waals surface area (Å²) in [5.41, 5.74) is 2.33. The van der Waals surface area contributed by atoms with Crippen LogP contribution in [0.5, 0.6) is 0 Å². The summed E-state index contributed by atoms with van der Waals surface area (Å²) in [7, 11) is 0. The molecule has 2 aromatic carbocycles. The molecule has 0 spiro atoms. The van der Waals surface area contributed by atoms with E-state index in [0.717, 1.165) is 17.2 Å². The molecule has 2 N–H and O–H groups in total. The van der Waals surface area contributed by atoms with Crippen LogP contribution in [0.15, 0.2) is 73.1 Å². The first-order chi connectivity index (χ1) is 17.1. The maximum atomic E-state index is 14.1. The van der Waals surface area contributed by atoms with Crippen molar-refractivity contribution in [2.24, 2.45) is 0 Å². The third kappa shape index (κ3) is 4.99. The molecule has 1 aliphatic heterocycles. The first kappa shape index (κ1) is 25.8. The van der Waals surface area contributed by atoms with Gasteiger partial charge in [-0.25, -0.2) is 0 Å². The first-order valence-corrected chi connectivity index (χ1v) is 12.0. The van der Waals surface area contributed by atoms with Gasteiger partial charge in [-0.15, -0.1) is 0 Å². The van der Waals surface area contributed by atoms with E-state index in [1.807, 2.05) is 56.5 Å². The van der Waals surface area contributed by atoms with Crippen LogP contribution >= 0.6 is 0 Å². The minimum atomic E-state index is -4.52. The Bertz CT molecular complexity index is 1300. The average Bonchev–Trinajstić information content (AvgIpc) is 3.24. The Balaban J connectivity index is 1.97. The predicted octanol–water partition coefficient (Wildman–Crippen LogP) is 6.82. The smallest absolute Gasteiger partial charge is 0.386 e. The highest BCUT2D eigenvalue weighted by atomic mass is 19.4. The van der Waals surface area contributed by atoms with Gasteiger partial charge in [0.05, 0.1) is 16.9 Å². The summed E-state index contributed by atoms with van der Waals surface area (Å²) in [6, 6.07) is 13.2. The van der Waals surface area contributed by atoms with E-state index in [2.05, 4.69) is 5.32 Å². The third-order valence-corrected chi connectivity index (χ3v) is 6.30. The van der Waals surface area contributed by atoms with Crippen LogP contribution in [0.25, 0.3) is 22.5 Å². The van der Waals surface area contributed by atoms with E-state index >= 15 is 0 Å². The van der Waals surface area contributed by atoms with Crippen LogP contribution in [-0.4, -0.2) is 22.5 Å². The summed E-state index contributed by atoms with van der Waals surface area (Å²) in [5.74, 6) is 0. The highest BCUT2D eigenvalue weighted by molar-refractivity contribution is 5.76. The minimum absolute atomic E-state index is 0.0800. The molecule has 4 rings (SSSR count). The first-order valence-electron chi connectivity index (χ1n) is 12.0. The molecule has 0 amide bonds. The number of alkyl halides is 3. The quantitative estimate of drug-likeness (QED) is 0.378. The number of nitrogens with zero attached hydrogens (tertiary/aromatic N) is 1. The number of allylic oxidation sites excluding steroid dienone is 2. The largest absolute Gasteiger partial charge is 0.417 e. The molecule has 190 valence electrons. The number of benzene rings is 2. The molecule has 2 heterocycles. The molecule has 7 heteroatoms. The third-order valence-electron chi connectivity index (χ3n) is 6.30. The van der Waals surface area contributed by atoms with Gasteiger partial charge in [-0.3, -0.25) is 0 Å². The zero-order valence-corrected chi connectivity index (χ0v) is 20.9. The van der Waals surface area contributed by atoms with Gasteiger partial charge >= 0.3 is 6.18 Å². The fourth-order valence-corrected chi connectivity index (χ4v) is 4.72. The van der Waals surface area contributed by atoms with Crippen LogP contribution in [0.1, 0.15) is 49.9 Å². The van der Waals surface area contributed by atoms with Crippen LogP contribution in [0, 0.1) is 0 Å². The van der Waals surface area contributed by atoms with Crippen LogP contribution < -0.4 is 5.32 Å². The van der Waals surface area contributed by atoms with Crippen molar-refractivity contribution < 1.29 is 23.0 Å². The number of rotatable bonds is 7. The SMILES string of the molecule is CCOC1NC=CC=C1c1cccc(-n2cc(C(C)(C)O)c(CC)c2-c2ccccc2C(F)(F)F)c1. The number of hydrogen-bond donors (Lipinski definition) is 2. The van der Waals surface area contributed by atoms with E-state index in [0.29, 0.717) is 35.5 Å². The predicted molar refractivity (Wildman–Crippen MR) is 136 cm³/mol. The zero-order chi connectivity index (χ0) is 26.1. The molecule has 0 bridgehead atoms. The second kappa shape index (κ2) is 9.99. The Morgan fingerprint density at radius 2 is 1.78 bits per heavy atom. The van der Waals surface area contributed by atoms with Crippen LogP contribution in [-0.2, 0) is 22.9 Å². The number of dihydropyridines is 1. The lowest BCUT2D eigenvalue weighted by Gasteiger charge is -2.24. The maximum Gasteiger partial charge on any atom is 0.417 e.